The third-order valence-electron chi connectivity index (χ3n) is 5.35. The van der Waals surface area contributed by atoms with E-state index >= 15 is 0 Å². The Hall–Kier alpha value is -4.17. The first-order valence-corrected chi connectivity index (χ1v) is 10.7. The van der Waals surface area contributed by atoms with E-state index in [9.17, 15) is 9.59 Å². The maximum atomic E-state index is 13.2. The number of ether oxygens (including phenoxy) is 2. The Balaban J connectivity index is 1.56. The molecule has 2 N–H and O–H groups in total. The minimum absolute atomic E-state index is 0.0306. The molecule has 0 aliphatic carbocycles. The van der Waals surface area contributed by atoms with Crippen molar-refractivity contribution in [3.63, 3.8) is 0 Å². The molecule has 1 aromatic heterocycles. The first-order chi connectivity index (χ1) is 16.4. The predicted molar refractivity (Wildman–Crippen MR) is 129 cm³/mol. The van der Waals surface area contributed by atoms with Crippen LogP contribution in [-0.4, -0.2) is 30.7 Å². The number of nitrogens with one attached hydrogen (secondary N) is 2. The molecule has 0 spiro atoms. The molecule has 0 unspecified atom stereocenters. The van der Waals surface area contributed by atoms with Crippen molar-refractivity contribution in [1.82, 2.24) is 5.16 Å². The van der Waals surface area contributed by atoms with Crippen LogP contribution in [0.4, 0.5) is 11.4 Å². The largest absolute Gasteiger partial charge is 0.488 e. The number of rotatable bonds is 8. The van der Waals surface area contributed by atoms with Gasteiger partial charge in [-0.15, -0.1) is 0 Å². The van der Waals surface area contributed by atoms with E-state index in [1.54, 1.807) is 24.3 Å². The number of carbonyl (C=O) groups excluding carboxylic acids is 2. The number of anilines is 2. The maximum Gasteiger partial charge on any atom is 0.259 e. The molecule has 0 radical (unpaired) electrons. The lowest BCUT2D eigenvalue weighted by Crippen LogP contribution is -2.17. The van der Waals surface area contributed by atoms with Crippen molar-refractivity contribution in [2.24, 2.45) is 0 Å². The lowest BCUT2D eigenvalue weighted by molar-refractivity contribution is -0.119. The van der Waals surface area contributed by atoms with Crippen LogP contribution in [0.1, 0.15) is 27.4 Å². The number of benzene rings is 3. The molecule has 0 atom stereocenters. The van der Waals surface area contributed by atoms with Gasteiger partial charge in [-0.3, -0.25) is 9.59 Å². The first kappa shape index (κ1) is 23.0. The lowest BCUT2D eigenvalue weighted by Gasteiger charge is -2.14. The Morgan fingerprint density at radius 2 is 1.59 bits per heavy atom. The molecular weight excluding hydrogens is 434 g/mol. The van der Waals surface area contributed by atoms with Gasteiger partial charge in [0.25, 0.3) is 5.91 Å². The highest BCUT2D eigenvalue weighted by Gasteiger charge is 2.17. The summed E-state index contributed by atoms with van der Waals surface area (Å²) in [6, 6.07) is 18.3. The summed E-state index contributed by atoms with van der Waals surface area (Å²) in [5.41, 5.74) is 3.20. The molecule has 4 rings (SSSR count). The van der Waals surface area contributed by atoms with Crippen LogP contribution in [-0.2, 0) is 16.1 Å². The fourth-order valence-corrected chi connectivity index (χ4v) is 3.54. The molecule has 34 heavy (non-hydrogen) atoms. The molecule has 0 aliphatic rings. The van der Waals surface area contributed by atoms with Gasteiger partial charge in [-0.2, -0.15) is 0 Å². The second-order valence-electron chi connectivity index (χ2n) is 7.80. The van der Waals surface area contributed by atoms with Crippen molar-refractivity contribution in [3.05, 3.63) is 83.2 Å². The van der Waals surface area contributed by atoms with Crippen LogP contribution in [0.3, 0.4) is 0 Å². The SMILES string of the molecule is COCC(=O)Nc1ccc(NC(=O)c2cc3ccccc3cc2OCc2c(C)noc2C)cc1. The lowest BCUT2D eigenvalue weighted by atomic mass is 10.0. The standard InChI is InChI=1S/C26H25N3O5/c1-16-23(17(2)34-29-16)14-33-24-13-19-7-5-4-6-18(19)12-22(24)26(31)28-21-10-8-20(9-11-21)27-25(30)15-32-3/h4-13H,14-15H2,1-3H3,(H,27,30)(H,28,31). The molecule has 0 aliphatic heterocycles. The Labute approximate surface area is 196 Å². The molecule has 0 saturated heterocycles. The van der Waals surface area contributed by atoms with Gasteiger partial charge >= 0.3 is 0 Å². The highest BCUT2D eigenvalue weighted by molar-refractivity contribution is 6.08. The monoisotopic (exact) mass is 459 g/mol. The van der Waals surface area contributed by atoms with E-state index in [2.05, 4.69) is 15.8 Å². The van der Waals surface area contributed by atoms with E-state index < -0.39 is 0 Å². The van der Waals surface area contributed by atoms with E-state index in [4.69, 9.17) is 14.0 Å². The number of methoxy groups -OCH3 is 1. The number of amides is 2. The van der Waals surface area contributed by atoms with Crippen molar-refractivity contribution in [1.29, 1.82) is 0 Å². The zero-order chi connectivity index (χ0) is 24.1. The molecule has 8 heteroatoms. The summed E-state index contributed by atoms with van der Waals surface area (Å²) in [6.45, 7) is 3.88. The molecule has 0 fully saturated rings. The topological polar surface area (TPSA) is 103 Å². The highest BCUT2D eigenvalue weighted by Crippen LogP contribution is 2.29. The van der Waals surface area contributed by atoms with E-state index in [0.717, 1.165) is 22.0 Å². The summed E-state index contributed by atoms with van der Waals surface area (Å²) in [4.78, 5) is 24.9. The smallest absolute Gasteiger partial charge is 0.259 e. The second kappa shape index (κ2) is 10.2. The van der Waals surface area contributed by atoms with Gasteiger partial charge in [0.15, 0.2) is 0 Å². The van der Waals surface area contributed by atoms with Crippen LogP contribution in [0.5, 0.6) is 5.75 Å². The molecule has 0 saturated carbocycles. The number of hydrogen-bond donors (Lipinski definition) is 2. The predicted octanol–water partition coefficient (Wildman–Crippen LogP) is 4.86. The van der Waals surface area contributed by atoms with E-state index in [0.29, 0.717) is 28.4 Å². The molecule has 2 amide bonds. The minimum Gasteiger partial charge on any atom is -0.488 e. The Kier molecular flexibility index (Phi) is 6.89. The van der Waals surface area contributed by atoms with E-state index in [-0.39, 0.29) is 25.0 Å². The van der Waals surface area contributed by atoms with Gasteiger partial charge < -0.3 is 24.6 Å². The summed E-state index contributed by atoms with van der Waals surface area (Å²) in [5, 5.41) is 11.5. The molecule has 174 valence electrons. The zero-order valence-electron chi connectivity index (χ0n) is 19.2. The third kappa shape index (κ3) is 5.24. The summed E-state index contributed by atoms with van der Waals surface area (Å²) in [7, 11) is 1.46. The third-order valence-corrected chi connectivity index (χ3v) is 5.35. The first-order valence-electron chi connectivity index (χ1n) is 10.7. The quantitative estimate of drug-likeness (QED) is 0.390. The van der Waals surface area contributed by atoms with Gasteiger partial charge in [0.1, 0.15) is 24.7 Å². The minimum atomic E-state index is -0.310. The van der Waals surface area contributed by atoms with Crippen LogP contribution in [0, 0.1) is 13.8 Å². The highest BCUT2D eigenvalue weighted by atomic mass is 16.5. The van der Waals surface area contributed by atoms with Crippen molar-refractivity contribution in [3.8, 4) is 5.75 Å². The summed E-state index contributed by atoms with van der Waals surface area (Å²) >= 11 is 0. The van der Waals surface area contributed by atoms with Crippen LogP contribution in [0.25, 0.3) is 10.8 Å². The number of hydrogen-bond acceptors (Lipinski definition) is 6. The van der Waals surface area contributed by atoms with E-state index in [1.807, 2.05) is 50.2 Å². The normalized spacial score (nSPS) is 10.8. The van der Waals surface area contributed by atoms with Crippen molar-refractivity contribution < 1.29 is 23.6 Å². The van der Waals surface area contributed by atoms with Crippen molar-refractivity contribution in [2.75, 3.05) is 24.4 Å². The van der Waals surface area contributed by atoms with Gasteiger partial charge in [0.05, 0.1) is 16.8 Å². The average molecular weight is 460 g/mol. The Morgan fingerprint density at radius 3 is 2.21 bits per heavy atom. The molecule has 1 heterocycles. The zero-order valence-corrected chi connectivity index (χ0v) is 19.2. The molecular formula is C26H25N3O5. The maximum absolute atomic E-state index is 13.2. The van der Waals surface area contributed by atoms with Gasteiger partial charge in [-0.05, 0) is 61.0 Å². The van der Waals surface area contributed by atoms with Crippen LogP contribution in [0.15, 0.2) is 65.2 Å². The number of aromatic nitrogens is 1. The number of carbonyl (C=O) groups is 2. The summed E-state index contributed by atoms with van der Waals surface area (Å²) in [5.74, 6) is 0.577. The fourth-order valence-electron chi connectivity index (χ4n) is 3.54. The van der Waals surface area contributed by atoms with Gasteiger partial charge in [-0.1, -0.05) is 29.4 Å². The number of nitrogens with zero attached hydrogens (tertiary/aromatic N) is 1. The molecule has 0 bridgehead atoms. The van der Waals surface area contributed by atoms with Crippen molar-refractivity contribution in [2.45, 2.75) is 20.5 Å². The van der Waals surface area contributed by atoms with E-state index in [1.165, 1.54) is 7.11 Å². The Morgan fingerprint density at radius 1 is 0.941 bits per heavy atom. The van der Waals surface area contributed by atoms with Crippen LogP contribution < -0.4 is 15.4 Å². The number of aryl methyl sites for hydroxylation is 2. The summed E-state index contributed by atoms with van der Waals surface area (Å²) < 4.78 is 16.1. The number of fused-ring (bicyclic) bond motifs is 1. The second-order valence-corrected chi connectivity index (χ2v) is 7.80. The molecule has 4 aromatic rings. The molecule has 3 aromatic carbocycles. The summed E-state index contributed by atoms with van der Waals surface area (Å²) in [6.07, 6.45) is 0. The molecule has 8 nitrogen and oxygen atoms in total. The van der Waals surface area contributed by atoms with Crippen molar-refractivity contribution >= 4 is 34.0 Å². The van der Waals surface area contributed by atoms with Gasteiger partial charge in [0, 0.05) is 18.5 Å². The van der Waals surface area contributed by atoms with Crippen LogP contribution >= 0.6 is 0 Å². The van der Waals surface area contributed by atoms with Crippen LogP contribution in [0.2, 0.25) is 0 Å². The fraction of sp³-hybridized carbons (Fsp3) is 0.192. The van der Waals surface area contributed by atoms with Gasteiger partial charge in [0.2, 0.25) is 5.91 Å². The van der Waals surface area contributed by atoms with Gasteiger partial charge in [-0.25, -0.2) is 0 Å². The Bertz CT molecular complexity index is 1310. The average Bonchev–Trinajstić information content (AvgIpc) is 3.15.